The van der Waals surface area contributed by atoms with Crippen LogP contribution in [0.15, 0.2) is 35.7 Å². The number of carbonyl (C=O) groups is 2. The molecular formula is C16H20N2O3. The topological polar surface area (TPSA) is 79.3 Å². The molecule has 1 aliphatic rings. The van der Waals surface area contributed by atoms with E-state index in [0.717, 1.165) is 16.7 Å². The molecule has 0 saturated heterocycles. The maximum absolute atomic E-state index is 12.3. The second-order valence-corrected chi connectivity index (χ2v) is 5.59. The maximum Gasteiger partial charge on any atom is 0.307 e. The smallest absolute Gasteiger partial charge is 0.307 e. The number of pyridine rings is 1. The molecule has 1 amide bonds. The highest BCUT2D eigenvalue weighted by Crippen LogP contribution is 2.34. The molecule has 0 spiro atoms. The van der Waals surface area contributed by atoms with E-state index in [1.165, 1.54) is 0 Å². The van der Waals surface area contributed by atoms with Crippen molar-refractivity contribution in [2.75, 3.05) is 0 Å². The molecule has 0 fully saturated rings. The number of hydrogen-bond acceptors (Lipinski definition) is 3. The van der Waals surface area contributed by atoms with Crippen LogP contribution in [-0.4, -0.2) is 22.0 Å². The van der Waals surface area contributed by atoms with Gasteiger partial charge in [-0.25, -0.2) is 0 Å². The molecule has 1 heterocycles. The zero-order valence-corrected chi connectivity index (χ0v) is 12.3. The minimum absolute atomic E-state index is 0.189. The Morgan fingerprint density at radius 1 is 1.19 bits per heavy atom. The Morgan fingerprint density at radius 3 is 2.33 bits per heavy atom. The largest absolute Gasteiger partial charge is 0.481 e. The second kappa shape index (κ2) is 6.52. The summed E-state index contributed by atoms with van der Waals surface area (Å²) >= 11 is 0. The first-order chi connectivity index (χ1) is 9.99. The van der Waals surface area contributed by atoms with E-state index in [2.05, 4.69) is 10.3 Å². The third-order valence-corrected chi connectivity index (χ3v) is 4.14. The Kier molecular flexibility index (Phi) is 4.73. The van der Waals surface area contributed by atoms with Crippen molar-refractivity contribution >= 4 is 11.9 Å². The van der Waals surface area contributed by atoms with Crippen molar-refractivity contribution in [2.45, 2.75) is 33.2 Å². The molecule has 2 unspecified atom stereocenters. The number of carboxylic acid groups (broad SMARTS) is 1. The summed E-state index contributed by atoms with van der Waals surface area (Å²) < 4.78 is 0. The molecule has 1 aliphatic carbocycles. The summed E-state index contributed by atoms with van der Waals surface area (Å²) in [6.07, 6.45) is 4.30. The van der Waals surface area contributed by atoms with Crippen LogP contribution in [0.5, 0.6) is 0 Å². The fourth-order valence-electron chi connectivity index (χ4n) is 2.65. The highest BCUT2D eigenvalue weighted by Gasteiger charge is 2.37. The van der Waals surface area contributed by atoms with E-state index in [4.69, 9.17) is 0 Å². The molecule has 2 atom stereocenters. The SMILES string of the molecule is CC1=C(C)CC(C(=O)NCc2ccncc2)C(C(=O)O)C1. The Bertz CT molecular complexity index is 566. The van der Waals surface area contributed by atoms with Gasteiger partial charge in [-0.2, -0.15) is 0 Å². The summed E-state index contributed by atoms with van der Waals surface area (Å²) in [5.41, 5.74) is 3.15. The lowest BCUT2D eigenvalue weighted by Crippen LogP contribution is -2.39. The van der Waals surface area contributed by atoms with E-state index < -0.39 is 17.8 Å². The highest BCUT2D eigenvalue weighted by atomic mass is 16.4. The Labute approximate surface area is 124 Å². The van der Waals surface area contributed by atoms with Crippen LogP contribution in [0, 0.1) is 11.8 Å². The predicted molar refractivity (Wildman–Crippen MR) is 78.3 cm³/mol. The standard InChI is InChI=1S/C16H20N2O3/c1-10-7-13(14(16(20)21)8-11(10)2)15(19)18-9-12-3-5-17-6-4-12/h3-6,13-14H,7-9H2,1-2H3,(H,18,19)(H,20,21). The van der Waals surface area contributed by atoms with Gasteiger partial charge in [-0.3, -0.25) is 14.6 Å². The van der Waals surface area contributed by atoms with Crippen molar-refractivity contribution in [3.63, 3.8) is 0 Å². The average molecular weight is 288 g/mol. The molecule has 2 N–H and O–H groups in total. The van der Waals surface area contributed by atoms with Crippen LogP contribution in [0.25, 0.3) is 0 Å². The van der Waals surface area contributed by atoms with Crippen LogP contribution in [0.1, 0.15) is 32.3 Å². The molecule has 0 aromatic carbocycles. The number of carbonyl (C=O) groups excluding carboxylic acids is 1. The van der Waals surface area contributed by atoms with E-state index in [1.807, 2.05) is 26.0 Å². The lowest BCUT2D eigenvalue weighted by molar-refractivity contribution is -0.147. The van der Waals surface area contributed by atoms with Crippen molar-refractivity contribution < 1.29 is 14.7 Å². The van der Waals surface area contributed by atoms with Gasteiger partial charge in [-0.05, 0) is 44.4 Å². The molecule has 0 bridgehead atoms. The Hall–Kier alpha value is -2.17. The Morgan fingerprint density at radius 2 is 1.76 bits per heavy atom. The summed E-state index contributed by atoms with van der Waals surface area (Å²) in [7, 11) is 0. The van der Waals surface area contributed by atoms with Crippen LogP contribution in [0.2, 0.25) is 0 Å². The lowest BCUT2D eigenvalue weighted by atomic mass is 9.76. The number of nitrogens with zero attached hydrogens (tertiary/aromatic N) is 1. The van der Waals surface area contributed by atoms with E-state index in [9.17, 15) is 14.7 Å². The lowest BCUT2D eigenvalue weighted by Gasteiger charge is -2.29. The quantitative estimate of drug-likeness (QED) is 0.832. The van der Waals surface area contributed by atoms with E-state index in [0.29, 0.717) is 19.4 Å². The highest BCUT2D eigenvalue weighted by molar-refractivity contribution is 5.85. The zero-order chi connectivity index (χ0) is 15.4. The fourth-order valence-corrected chi connectivity index (χ4v) is 2.65. The van der Waals surface area contributed by atoms with Crippen LogP contribution in [0.4, 0.5) is 0 Å². The normalized spacial score (nSPS) is 22.0. The van der Waals surface area contributed by atoms with Gasteiger partial charge in [-0.15, -0.1) is 0 Å². The van der Waals surface area contributed by atoms with Gasteiger partial charge in [0.15, 0.2) is 0 Å². The molecule has 0 aliphatic heterocycles. The van der Waals surface area contributed by atoms with Crippen molar-refractivity contribution in [1.29, 1.82) is 0 Å². The Balaban J connectivity index is 2.04. The zero-order valence-electron chi connectivity index (χ0n) is 12.3. The van der Waals surface area contributed by atoms with Crippen molar-refractivity contribution in [3.05, 3.63) is 41.2 Å². The molecule has 2 rings (SSSR count). The van der Waals surface area contributed by atoms with Crippen molar-refractivity contribution in [1.82, 2.24) is 10.3 Å². The van der Waals surface area contributed by atoms with Gasteiger partial charge in [0.2, 0.25) is 5.91 Å². The minimum Gasteiger partial charge on any atom is -0.481 e. The molecular weight excluding hydrogens is 268 g/mol. The minimum atomic E-state index is -0.897. The van der Waals surface area contributed by atoms with Gasteiger partial charge >= 0.3 is 5.97 Å². The van der Waals surface area contributed by atoms with E-state index in [1.54, 1.807) is 12.4 Å². The van der Waals surface area contributed by atoms with Gasteiger partial charge in [0, 0.05) is 18.9 Å². The van der Waals surface area contributed by atoms with E-state index in [-0.39, 0.29) is 5.91 Å². The van der Waals surface area contributed by atoms with Crippen LogP contribution < -0.4 is 5.32 Å². The third-order valence-electron chi connectivity index (χ3n) is 4.14. The molecule has 0 radical (unpaired) electrons. The van der Waals surface area contributed by atoms with Gasteiger partial charge in [0.1, 0.15) is 0 Å². The van der Waals surface area contributed by atoms with Gasteiger partial charge in [0.25, 0.3) is 0 Å². The third kappa shape index (κ3) is 3.68. The number of aliphatic carboxylic acids is 1. The summed E-state index contributed by atoms with van der Waals surface area (Å²) in [6, 6.07) is 3.65. The molecule has 1 aromatic heterocycles. The number of rotatable bonds is 4. The fraction of sp³-hybridized carbons (Fsp3) is 0.438. The van der Waals surface area contributed by atoms with Gasteiger partial charge in [0.05, 0.1) is 11.8 Å². The van der Waals surface area contributed by atoms with Crippen molar-refractivity contribution in [2.24, 2.45) is 11.8 Å². The summed E-state index contributed by atoms with van der Waals surface area (Å²) in [6.45, 7) is 4.30. The first-order valence-electron chi connectivity index (χ1n) is 7.03. The van der Waals surface area contributed by atoms with Crippen LogP contribution in [-0.2, 0) is 16.1 Å². The monoisotopic (exact) mass is 288 g/mol. The first kappa shape index (κ1) is 15.2. The summed E-state index contributed by atoms with van der Waals surface area (Å²) in [5.74, 6) is -2.21. The first-order valence-corrected chi connectivity index (χ1v) is 7.03. The molecule has 0 saturated carbocycles. The number of hydrogen-bond donors (Lipinski definition) is 2. The second-order valence-electron chi connectivity index (χ2n) is 5.59. The predicted octanol–water partition coefficient (Wildman–Crippen LogP) is 2.15. The number of amides is 1. The summed E-state index contributed by atoms with van der Waals surface area (Å²) in [4.78, 5) is 27.6. The number of carboxylic acids is 1. The molecule has 1 aromatic rings. The number of allylic oxidation sites excluding steroid dienone is 2. The van der Waals surface area contributed by atoms with Crippen LogP contribution in [0.3, 0.4) is 0 Å². The average Bonchev–Trinajstić information content (AvgIpc) is 2.48. The number of nitrogens with one attached hydrogen (secondary N) is 1. The van der Waals surface area contributed by atoms with Gasteiger partial charge < -0.3 is 10.4 Å². The molecule has 5 heteroatoms. The number of aromatic nitrogens is 1. The van der Waals surface area contributed by atoms with Crippen LogP contribution >= 0.6 is 0 Å². The molecule has 112 valence electrons. The van der Waals surface area contributed by atoms with Crippen molar-refractivity contribution in [3.8, 4) is 0 Å². The molecule has 5 nitrogen and oxygen atoms in total. The molecule has 21 heavy (non-hydrogen) atoms. The van der Waals surface area contributed by atoms with E-state index >= 15 is 0 Å². The maximum atomic E-state index is 12.3. The van der Waals surface area contributed by atoms with Gasteiger partial charge in [-0.1, -0.05) is 11.1 Å². The summed E-state index contributed by atoms with van der Waals surface area (Å²) in [5, 5.41) is 12.2.